The fraction of sp³-hybridized carbons (Fsp3) is 0.400. The predicted molar refractivity (Wildman–Crippen MR) is 65.5 cm³/mol. The van der Waals surface area contributed by atoms with Crippen molar-refractivity contribution in [2.45, 2.75) is 13.8 Å². The van der Waals surface area contributed by atoms with Crippen molar-refractivity contribution in [3.8, 4) is 0 Å². The van der Waals surface area contributed by atoms with Crippen molar-refractivity contribution in [1.82, 2.24) is 4.72 Å². The van der Waals surface area contributed by atoms with Crippen LogP contribution in [0.15, 0.2) is 18.2 Å². The Morgan fingerprint density at radius 2 is 1.75 bits per heavy atom. The van der Waals surface area contributed by atoms with E-state index >= 15 is 0 Å². The largest absolute Gasteiger partial charge is 0.329 e. The summed E-state index contributed by atoms with van der Waals surface area (Å²) in [6.45, 7) is 4.32. The van der Waals surface area contributed by atoms with E-state index < -0.39 is 10.2 Å². The van der Waals surface area contributed by atoms with Crippen LogP contribution in [-0.4, -0.2) is 21.5 Å². The molecule has 0 bridgehead atoms. The molecule has 0 aliphatic carbocycles. The SMILES string of the molecule is Cc1cc(C)cc(NS(=O)(=O)NCCN)c1. The number of hydrogen-bond acceptors (Lipinski definition) is 3. The van der Waals surface area contributed by atoms with Gasteiger partial charge in [0.25, 0.3) is 10.2 Å². The molecular weight excluding hydrogens is 226 g/mol. The fourth-order valence-corrected chi connectivity index (χ4v) is 2.31. The summed E-state index contributed by atoms with van der Waals surface area (Å²) in [5, 5.41) is 0. The molecule has 6 heteroatoms. The van der Waals surface area contributed by atoms with Crippen LogP contribution in [0.5, 0.6) is 0 Å². The number of hydrogen-bond donors (Lipinski definition) is 3. The molecule has 0 aromatic heterocycles. The van der Waals surface area contributed by atoms with Gasteiger partial charge in [-0.1, -0.05) is 6.07 Å². The van der Waals surface area contributed by atoms with E-state index in [2.05, 4.69) is 9.44 Å². The van der Waals surface area contributed by atoms with Gasteiger partial charge in [-0.2, -0.15) is 13.1 Å². The summed E-state index contributed by atoms with van der Waals surface area (Å²) < 4.78 is 27.8. The topological polar surface area (TPSA) is 84.2 Å². The van der Waals surface area contributed by atoms with E-state index in [4.69, 9.17) is 5.73 Å². The molecule has 4 N–H and O–H groups in total. The minimum Gasteiger partial charge on any atom is -0.329 e. The van der Waals surface area contributed by atoms with Gasteiger partial charge in [0.2, 0.25) is 0 Å². The third-order valence-electron chi connectivity index (χ3n) is 1.91. The van der Waals surface area contributed by atoms with Gasteiger partial charge in [0, 0.05) is 13.1 Å². The summed E-state index contributed by atoms with van der Waals surface area (Å²) in [5.41, 5.74) is 7.80. The molecule has 5 nitrogen and oxygen atoms in total. The quantitative estimate of drug-likeness (QED) is 0.704. The lowest BCUT2D eigenvalue weighted by Gasteiger charge is -2.10. The Bertz CT molecular complexity index is 437. The molecule has 0 heterocycles. The van der Waals surface area contributed by atoms with Crippen molar-refractivity contribution in [2.75, 3.05) is 17.8 Å². The van der Waals surface area contributed by atoms with E-state index in [0.29, 0.717) is 5.69 Å². The van der Waals surface area contributed by atoms with Gasteiger partial charge in [-0.3, -0.25) is 4.72 Å². The first-order valence-electron chi connectivity index (χ1n) is 4.99. The van der Waals surface area contributed by atoms with Gasteiger partial charge in [-0.25, -0.2) is 0 Å². The Kier molecular flexibility index (Phi) is 4.28. The van der Waals surface area contributed by atoms with Gasteiger partial charge in [0.05, 0.1) is 5.69 Å². The van der Waals surface area contributed by atoms with Crippen LogP contribution >= 0.6 is 0 Å². The highest BCUT2D eigenvalue weighted by atomic mass is 32.2. The zero-order valence-electron chi connectivity index (χ0n) is 9.45. The molecule has 0 atom stereocenters. The molecule has 1 rings (SSSR count). The number of anilines is 1. The monoisotopic (exact) mass is 243 g/mol. The number of nitrogens with one attached hydrogen (secondary N) is 2. The van der Waals surface area contributed by atoms with E-state index in [9.17, 15) is 8.42 Å². The molecule has 0 radical (unpaired) electrons. The van der Waals surface area contributed by atoms with Gasteiger partial charge >= 0.3 is 0 Å². The van der Waals surface area contributed by atoms with Crippen LogP contribution in [0.25, 0.3) is 0 Å². The lowest BCUT2D eigenvalue weighted by Crippen LogP contribution is -2.33. The molecule has 90 valence electrons. The smallest absolute Gasteiger partial charge is 0.299 e. The third-order valence-corrected chi connectivity index (χ3v) is 3.00. The number of aryl methyl sites for hydroxylation is 2. The van der Waals surface area contributed by atoms with E-state index in [1.165, 1.54) is 0 Å². The van der Waals surface area contributed by atoms with Gasteiger partial charge in [0.15, 0.2) is 0 Å². The summed E-state index contributed by atoms with van der Waals surface area (Å²) in [6.07, 6.45) is 0. The van der Waals surface area contributed by atoms with E-state index in [1.54, 1.807) is 12.1 Å². The zero-order valence-corrected chi connectivity index (χ0v) is 10.3. The van der Waals surface area contributed by atoms with Crippen molar-refractivity contribution in [1.29, 1.82) is 0 Å². The first-order valence-corrected chi connectivity index (χ1v) is 6.47. The number of rotatable bonds is 5. The normalized spacial score (nSPS) is 11.4. The maximum Gasteiger partial charge on any atom is 0.299 e. The average Bonchev–Trinajstić information content (AvgIpc) is 2.12. The van der Waals surface area contributed by atoms with Crippen LogP contribution in [0.4, 0.5) is 5.69 Å². The first-order chi connectivity index (χ1) is 7.43. The van der Waals surface area contributed by atoms with Crippen LogP contribution in [0, 0.1) is 13.8 Å². The standard InChI is InChI=1S/C10H17N3O2S/c1-8-5-9(2)7-10(6-8)13-16(14,15)12-4-3-11/h5-7,12-13H,3-4,11H2,1-2H3. The Balaban J connectivity index is 2.80. The second-order valence-corrected chi connectivity index (χ2v) is 5.16. The molecular formula is C10H17N3O2S. The van der Waals surface area contributed by atoms with E-state index in [-0.39, 0.29) is 13.1 Å². The van der Waals surface area contributed by atoms with Crippen molar-refractivity contribution >= 4 is 15.9 Å². The molecule has 16 heavy (non-hydrogen) atoms. The van der Waals surface area contributed by atoms with Crippen LogP contribution in [0.2, 0.25) is 0 Å². The summed E-state index contributed by atoms with van der Waals surface area (Å²) in [7, 11) is -3.51. The van der Waals surface area contributed by atoms with Crippen LogP contribution in [0.3, 0.4) is 0 Å². The Hall–Kier alpha value is -1.11. The highest BCUT2D eigenvalue weighted by Crippen LogP contribution is 2.14. The first kappa shape index (κ1) is 13.0. The van der Waals surface area contributed by atoms with Gasteiger partial charge in [-0.15, -0.1) is 0 Å². The number of benzene rings is 1. The molecule has 1 aromatic rings. The van der Waals surface area contributed by atoms with Gasteiger partial charge < -0.3 is 5.73 Å². The van der Waals surface area contributed by atoms with Gasteiger partial charge in [-0.05, 0) is 37.1 Å². The lowest BCUT2D eigenvalue weighted by atomic mass is 10.1. The Morgan fingerprint density at radius 3 is 2.25 bits per heavy atom. The average molecular weight is 243 g/mol. The highest BCUT2D eigenvalue weighted by molar-refractivity contribution is 7.90. The molecule has 0 saturated heterocycles. The minimum atomic E-state index is -3.51. The molecule has 0 amide bonds. The van der Waals surface area contributed by atoms with Gasteiger partial charge in [0.1, 0.15) is 0 Å². The highest BCUT2D eigenvalue weighted by Gasteiger charge is 2.08. The van der Waals surface area contributed by atoms with Crippen molar-refractivity contribution in [3.63, 3.8) is 0 Å². The number of nitrogens with two attached hydrogens (primary N) is 1. The molecule has 0 aliphatic heterocycles. The second kappa shape index (κ2) is 5.29. The van der Waals surface area contributed by atoms with E-state index in [1.807, 2.05) is 19.9 Å². The second-order valence-electron chi connectivity index (χ2n) is 3.66. The molecule has 0 saturated carbocycles. The molecule has 1 aromatic carbocycles. The fourth-order valence-electron chi connectivity index (χ4n) is 1.42. The lowest BCUT2D eigenvalue weighted by molar-refractivity contribution is 0.587. The summed E-state index contributed by atoms with van der Waals surface area (Å²) >= 11 is 0. The predicted octanol–water partition coefficient (Wildman–Crippen LogP) is 0.508. The third kappa shape index (κ3) is 4.18. The minimum absolute atomic E-state index is 0.222. The van der Waals surface area contributed by atoms with Crippen LogP contribution in [0.1, 0.15) is 11.1 Å². The zero-order chi connectivity index (χ0) is 12.2. The molecule has 0 unspecified atom stereocenters. The maximum atomic E-state index is 11.5. The summed E-state index contributed by atoms with van der Waals surface area (Å²) in [5.74, 6) is 0. The molecule has 0 aliphatic rings. The van der Waals surface area contributed by atoms with Crippen molar-refractivity contribution in [2.24, 2.45) is 5.73 Å². The summed E-state index contributed by atoms with van der Waals surface area (Å²) in [6, 6.07) is 5.52. The van der Waals surface area contributed by atoms with Crippen molar-refractivity contribution in [3.05, 3.63) is 29.3 Å². The molecule has 0 fully saturated rings. The maximum absolute atomic E-state index is 11.5. The Labute approximate surface area is 96.2 Å². The van der Waals surface area contributed by atoms with Crippen molar-refractivity contribution < 1.29 is 8.42 Å². The molecule has 0 spiro atoms. The van der Waals surface area contributed by atoms with E-state index in [0.717, 1.165) is 11.1 Å². The Morgan fingerprint density at radius 1 is 1.19 bits per heavy atom. The van der Waals surface area contributed by atoms with Crippen LogP contribution in [-0.2, 0) is 10.2 Å². The summed E-state index contributed by atoms with van der Waals surface area (Å²) in [4.78, 5) is 0. The van der Waals surface area contributed by atoms with Crippen LogP contribution < -0.4 is 15.2 Å².